The smallest absolute Gasteiger partial charge is 0.251 e. The first-order valence-electron chi connectivity index (χ1n) is 5.97. The second kappa shape index (κ2) is 6.28. The molecule has 0 aliphatic carbocycles. The molecule has 0 fully saturated rings. The highest BCUT2D eigenvalue weighted by molar-refractivity contribution is 5.94. The third kappa shape index (κ3) is 4.10. The van der Waals surface area contributed by atoms with Crippen LogP contribution in [0.5, 0.6) is 5.75 Å². The lowest BCUT2D eigenvalue weighted by atomic mass is 10.1. The number of nitrogens with one attached hydrogen (secondary N) is 1. The van der Waals surface area contributed by atoms with Crippen molar-refractivity contribution in [2.75, 3.05) is 13.7 Å². The van der Waals surface area contributed by atoms with Gasteiger partial charge in [0, 0.05) is 12.1 Å². The van der Waals surface area contributed by atoms with Crippen LogP contribution in [0.1, 0.15) is 36.2 Å². The van der Waals surface area contributed by atoms with Gasteiger partial charge in [0.05, 0.1) is 7.11 Å². The van der Waals surface area contributed by atoms with Gasteiger partial charge in [-0.05, 0) is 37.0 Å². The molecule has 94 valence electrons. The van der Waals surface area contributed by atoms with Crippen molar-refractivity contribution in [3.63, 3.8) is 0 Å². The van der Waals surface area contributed by atoms with E-state index < -0.39 is 0 Å². The Balaban J connectivity index is 2.63. The number of amides is 1. The first-order valence-corrected chi connectivity index (χ1v) is 5.97. The van der Waals surface area contributed by atoms with Crippen LogP contribution < -0.4 is 10.1 Å². The first kappa shape index (κ1) is 13.6. The van der Waals surface area contributed by atoms with Gasteiger partial charge in [-0.15, -0.1) is 0 Å². The SMILES string of the molecule is COc1cc(C(=O)NCCC(C)C)ccc1C. The maximum atomic E-state index is 11.8. The van der Waals surface area contributed by atoms with Crippen LogP contribution >= 0.6 is 0 Å². The molecule has 0 atom stereocenters. The molecule has 0 saturated heterocycles. The van der Waals surface area contributed by atoms with Crippen LogP contribution in [-0.4, -0.2) is 19.6 Å². The lowest BCUT2D eigenvalue weighted by molar-refractivity contribution is 0.0951. The molecule has 1 aromatic carbocycles. The summed E-state index contributed by atoms with van der Waals surface area (Å²) in [4.78, 5) is 11.8. The third-order valence-corrected chi connectivity index (χ3v) is 2.68. The zero-order chi connectivity index (χ0) is 12.8. The monoisotopic (exact) mass is 235 g/mol. The van der Waals surface area contributed by atoms with Crippen LogP contribution in [-0.2, 0) is 0 Å². The van der Waals surface area contributed by atoms with Gasteiger partial charge in [0.1, 0.15) is 5.75 Å². The van der Waals surface area contributed by atoms with Crippen molar-refractivity contribution in [1.82, 2.24) is 5.32 Å². The number of methoxy groups -OCH3 is 1. The van der Waals surface area contributed by atoms with Gasteiger partial charge in [-0.2, -0.15) is 0 Å². The average molecular weight is 235 g/mol. The molecule has 0 aromatic heterocycles. The molecule has 1 amide bonds. The zero-order valence-corrected chi connectivity index (χ0v) is 11.0. The number of carbonyl (C=O) groups excluding carboxylic acids is 1. The van der Waals surface area contributed by atoms with E-state index >= 15 is 0 Å². The normalized spacial score (nSPS) is 10.4. The number of ether oxygens (including phenoxy) is 1. The molecule has 0 aliphatic heterocycles. The van der Waals surface area contributed by atoms with E-state index in [1.807, 2.05) is 19.1 Å². The van der Waals surface area contributed by atoms with Crippen molar-refractivity contribution >= 4 is 5.91 Å². The molecule has 0 spiro atoms. The summed E-state index contributed by atoms with van der Waals surface area (Å²) in [5.41, 5.74) is 1.68. The maximum Gasteiger partial charge on any atom is 0.251 e. The van der Waals surface area contributed by atoms with Crippen LogP contribution in [0.15, 0.2) is 18.2 Å². The van der Waals surface area contributed by atoms with Crippen molar-refractivity contribution in [3.05, 3.63) is 29.3 Å². The lowest BCUT2D eigenvalue weighted by Gasteiger charge is -2.09. The molecular weight excluding hydrogens is 214 g/mol. The fourth-order valence-electron chi connectivity index (χ4n) is 1.54. The van der Waals surface area contributed by atoms with E-state index in [2.05, 4.69) is 19.2 Å². The van der Waals surface area contributed by atoms with E-state index in [4.69, 9.17) is 4.74 Å². The van der Waals surface area contributed by atoms with Crippen LogP contribution in [0, 0.1) is 12.8 Å². The van der Waals surface area contributed by atoms with Crippen LogP contribution in [0.2, 0.25) is 0 Å². The summed E-state index contributed by atoms with van der Waals surface area (Å²) in [5.74, 6) is 1.31. The van der Waals surface area contributed by atoms with Crippen molar-refractivity contribution in [3.8, 4) is 5.75 Å². The van der Waals surface area contributed by atoms with Crippen LogP contribution in [0.25, 0.3) is 0 Å². The number of rotatable bonds is 5. The Morgan fingerprint density at radius 3 is 2.71 bits per heavy atom. The molecule has 0 aliphatic rings. The summed E-state index contributed by atoms with van der Waals surface area (Å²) in [7, 11) is 1.61. The third-order valence-electron chi connectivity index (χ3n) is 2.68. The molecule has 0 bridgehead atoms. The summed E-state index contributed by atoms with van der Waals surface area (Å²) < 4.78 is 5.20. The molecule has 3 heteroatoms. The van der Waals surface area contributed by atoms with E-state index in [9.17, 15) is 4.79 Å². The summed E-state index contributed by atoms with van der Waals surface area (Å²) in [6.45, 7) is 6.95. The fraction of sp³-hybridized carbons (Fsp3) is 0.500. The summed E-state index contributed by atoms with van der Waals surface area (Å²) >= 11 is 0. The van der Waals surface area contributed by atoms with Gasteiger partial charge < -0.3 is 10.1 Å². The van der Waals surface area contributed by atoms with Crippen LogP contribution in [0.3, 0.4) is 0 Å². The molecule has 0 saturated carbocycles. The Bertz CT molecular complexity index is 386. The second-order valence-electron chi connectivity index (χ2n) is 4.62. The number of benzene rings is 1. The number of hydrogen-bond acceptors (Lipinski definition) is 2. The Morgan fingerprint density at radius 2 is 2.12 bits per heavy atom. The Morgan fingerprint density at radius 1 is 1.41 bits per heavy atom. The molecule has 0 unspecified atom stereocenters. The van der Waals surface area contributed by atoms with Gasteiger partial charge in [0.2, 0.25) is 0 Å². The zero-order valence-electron chi connectivity index (χ0n) is 11.0. The van der Waals surface area contributed by atoms with Crippen LogP contribution in [0.4, 0.5) is 0 Å². The molecule has 0 radical (unpaired) electrons. The van der Waals surface area contributed by atoms with Crippen molar-refractivity contribution < 1.29 is 9.53 Å². The summed E-state index contributed by atoms with van der Waals surface area (Å²) in [6, 6.07) is 5.50. The van der Waals surface area contributed by atoms with Gasteiger partial charge in [0.25, 0.3) is 5.91 Å². The van der Waals surface area contributed by atoms with Crippen molar-refractivity contribution in [2.24, 2.45) is 5.92 Å². The summed E-state index contributed by atoms with van der Waals surface area (Å²) in [5, 5.41) is 2.91. The van der Waals surface area contributed by atoms with E-state index in [1.54, 1.807) is 13.2 Å². The van der Waals surface area contributed by atoms with Crippen molar-refractivity contribution in [1.29, 1.82) is 0 Å². The minimum atomic E-state index is -0.0380. The van der Waals surface area contributed by atoms with Gasteiger partial charge >= 0.3 is 0 Å². The van der Waals surface area contributed by atoms with Gasteiger partial charge in [-0.1, -0.05) is 19.9 Å². The molecular formula is C14H21NO2. The lowest BCUT2D eigenvalue weighted by Crippen LogP contribution is -2.25. The molecule has 1 N–H and O–H groups in total. The van der Waals surface area contributed by atoms with Crippen molar-refractivity contribution in [2.45, 2.75) is 27.2 Å². The minimum Gasteiger partial charge on any atom is -0.496 e. The van der Waals surface area contributed by atoms with Gasteiger partial charge in [-0.3, -0.25) is 4.79 Å². The number of hydrogen-bond donors (Lipinski definition) is 1. The largest absolute Gasteiger partial charge is 0.496 e. The average Bonchev–Trinajstić information content (AvgIpc) is 2.29. The predicted molar refractivity (Wildman–Crippen MR) is 69.5 cm³/mol. The Hall–Kier alpha value is -1.51. The Kier molecular flexibility index (Phi) is 5.01. The standard InChI is InChI=1S/C14H21NO2/c1-10(2)7-8-15-14(16)12-6-5-11(3)13(9-12)17-4/h5-6,9-10H,7-8H2,1-4H3,(H,15,16). The quantitative estimate of drug-likeness (QED) is 0.852. The Labute approximate surface area is 103 Å². The molecule has 17 heavy (non-hydrogen) atoms. The number of carbonyl (C=O) groups is 1. The van der Waals surface area contributed by atoms with Gasteiger partial charge in [0.15, 0.2) is 0 Å². The van der Waals surface area contributed by atoms with Gasteiger partial charge in [-0.25, -0.2) is 0 Å². The van der Waals surface area contributed by atoms with E-state index in [0.717, 1.165) is 17.7 Å². The number of aryl methyl sites for hydroxylation is 1. The minimum absolute atomic E-state index is 0.0380. The maximum absolute atomic E-state index is 11.8. The molecule has 0 heterocycles. The fourth-order valence-corrected chi connectivity index (χ4v) is 1.54. The highest BCUT2D eigenvalue weighted by atomic mass is 16.5. The van der Waals surface area contributed by atoms with E-state index in [1.165, 1.54) is 0 Å². The second-order valence-corrected chi connectivity index (χ2v) is 4.62. The topological polar surface area (TPSA) is 38.3 Å². The first-order chi connectivity index (χ1) is 8.04. The van der Waals surface area contributed by atoms with E-state index in [-0.39, 0.29) is 5.91 Å². The molecule has 3 nitrogen and oxygen atoms in total. The molecule has 1 aromatic rings. The van der Waals surface area contributed by atoms with E-state index in [0.29, 0.717) is 18.0 Å². The highest BCUT2D eigenvalue weighted by Gasteiger charge is 2.08. The highest BCUT2D eigenvalue weighted by Crippen LogP contribution is 2.18. The predicted octanol–water partition coefficient (Wildman–Crippen LogP) is 2.78. The molecule has 1 rings (SSSR count). The summed E-state index contributed by atoms with van der Waals surface area (Å²) in [6.07, 6.45) is 0.995.